The third-order valence-electron chi connectivity index (χ3n) is 3.01. The van der Waals surface area contributed by atoms with Crippen molar-refractivity contribution in [2.45, 2.75) is 0 Å². The topological polar surface area (TPSA) is 84.1 Å². The van der Waals surface area contributed by atoms with Crippen molar-refractivity contribution >= 4 is 23.2 Å². The van der Waals surface area contributed by atoms with E-state index in [4.69, 9.17) is 4.74 Å². The zero-order chi connectivity index (χ0) is 14.1. The van der Waals surface area contributed by atoms with E-state index in [1.165, 1.54) is 19.4 Å². The first kappa shape index (κ1) is 12.2. The first-order valence-corrected chi connectivity index (χ1v) is 5.95. The SMILES string of the molecule is COc1ncc(/C=C2/C(=O)Nc3ccccc32)c(=O)[nH]1. The minimum Gasteiger partial charge on any atom is -0.468 e. The second-order valence-electron chi connectivity index (χ2n) is 4.23. The average Bonchev–Trinajstić information content (AvgIpc) is 2.77. The van der Waals surface area contributed by atoms with Crippen LogP contribution in [0.3, 0.4) is 0 Å². The highest BCUT2D eigenvalue weighted by molar-refractivity contribution is 6.34. The van der Waals surface area contributed by atoms with Gasteiger partial charge < -0.3 is 10.1 Å². The molecular formula is C14H11N3O3. The van der Waals surface area contributed by atoms with E-state index in [1.54, 1.807) is 0 Å². The van der Waals surface area contributed by atoms with E-state index in [0.717, 1.165) is 11.3 Å². The van der Waals surface area contributed by atoms with Crippen molar-refractivity contribution in [1.29, 1.82) is 0 Å². The minimum atomic E-state index is -0.360. The standard InChI is InChI=1S/C14H11N3O3/c1-20-14-15-7-8(12(18)17-14)6-10-9-4-2-3-5-11(9)16-13(10)19/h2-7H,1H3,(H,16,19)(H,15,17,18)/b10-6+. The number of hydrogen-bond donors (Lipinski definition) is 2. The van der Waals surface area contributed by atoms with Crippen LogP contribution in [-0.4, -0.2) is 23.0 Å². The number of aromatic nitrogens is 2. The Labute approximate surface area is 114 Å². The summed E-state index contributed by atoms with van der Waals surface area (Å²) < 4.78 is 4.83. The zero-order valence-electron chi connectivity index (χ0n) is 10.6. The number of aromatic amines is 1. The number of carbonyl (C=O) groups is 1. The van der Waals surface area contributed by atoms with Gasteiger partial charge in [0.25, 0.3) is 17.5 Å². The highest BCUT2D eigenvalue weighted by atomic mass is 16.5. The quantitative estimate of drug-likeness (QED) is 0.804. The lowest BCUT2D eigenvalue weighted by molar-refractivity contribution is -0.110. The van der Waals surface area contributed by atoms with Crippen molar-refractivity contribution in [3.8, 4) is 6.01 Å². The molecular weight excluding hydrogens is 258 g/mol. The number of anilines is 1. The number of nitrogens with zero attached hydrogens (tertiary/aromatic N) is 1. The Morgan fingerprint density at radius 2 is 2.05 bits per heavy atom. The van der Waals surface area contributed by atoms with Gasteiger partial charge in [-0.1, -0.05) is 18.2 Å². The molecule has 1 aromatic carbocycles. The van der Waals surface area contributed by atoms with Gasteiger partial charge in [0.15, 0.2) is 0 Å². The van der Waals surface area contributed by atoms with E-state index in [0.29, 0.717) is 11.1 Å². The zero-order valence-corrected chi connectivity index (χ0v) is 10.6. The van der Waals surface area contributed by atoms with Gasteiger partial charge in [0, 0.05) is 23.0 Å². The van der Waals surface area contributed by atoms with Gasteiger partial charge in [-0.25, -0.2) is 4.98 Å². The number of fused-ring (bicyclic) bond motifs is 1. The molecule has 0 spiro atoms. The summed E-state index contributed by atoms with van der Waals surface area (Å²) in [7, 11) is 1.41. The van der Waals surface area contributed by atoms with Crippen LogP contribution in [0.15, 0.2) is 35.3 Å². The molecule has 1 aliphatic heterocycles. The van der Waals surface area contributed by atoms with Gasteiger partial charge in [-0.05, 0) is 12.1 Å². The third kappa shape index (κ3) is 1.97. The highest BCUT2D eigenvalue weighted by Gasteiger charge is 2.23. The second-order valence-corrected chi connectivity index (χ2v) is 4.23. The van der Waals surface area contributed by atoms with Crippen LogP contribution in [0.1, 0.15) is 11.1 Å². The first-order valence-electron chi connectivity index (χ1n) is 5.95. The van der Waals surface area contributed by atoms with Crippen LogP contribution in [0.25, 0.3) is 11.6 Å². The Kier molecular flexibility index (Phi) is 2.83. The maximum atomic E-state index is 11.9. The first-order chi connectivity index (χ1) is 9.69. The minimum absolute atomic E-state index is 0.133. The lowest BCUT2D eigenvalue weighted by Crippen LogP contribution is -2.12. The largest absolute Gasteiger partial charge is 0.468 e. The Morgan fingerprint density at radius 1 is 1.25 bits per heavy atom. The van der Waals surface area contributed by atoms with Crippen LogP contribution in [0.4, 0.5) is 5.69 Å². The van der Waals surface area contributed by atoms with Crippen molar-refractivity contribution in [1.82, 2.24) is 9.97 Å². The number of benzene rings is 1. The van der Waals surface area contributed by atoms with Crippen molar-refractivity contribution < 1.29 is 9.53 Å². The van der Waals surface area contributed by atoms with Gasteiger partial charge in [-0.3, -0.25) is 14.6 Å². The number of amides is 1. The smallest absolute Gasteiger partial charge is 0.296 e. The number of para-hydroxylation sites is 1. The number of H-pyrrole nitrogens is 1. The van der Waals surface area contributed by atoms with Gasteiger partial charge in [-0.2, -0.15) is 0 Å². The van der Waals surface area contributed by atoms with Crippen LogP contribution in [0.2, 0.25) is 0 Å². The lowest BCUT2D eigenvalue weighted by atomic mass is 10.1. The summed E-state index contributed by atoms with van der Waals surface area (Å²) in [5, 5.41) is 2.75. The molecule has 1 aliphatic rings. The molecule has 1 amide bonds. The summed E-state index contributed by atoms with van der Waals surface area (Å²) in [6.45, 7) is 0. The molecule has 0 saturated carbocycles. The van der Waals surface area contributed by atoms with E-state index in [1.807, 2.05) is 24.3 Å². The predicted octanol–water partition coefficient (Wildman–Crippen LogP) is 1.27. The molecule has 0 fully saturated rings. The van der Waals surface area contributed by atoms with Gasteiger partial charge in [-0.15, -0.1) is 0 Å². The number of nitrogens with one attached hydrogen (secondary N) is 2. The van der Waals surface area contributed by atoms with Crippen LogP contribution in [-0.2, 0) is 4.79 Å². The normalized spacial score (nSPS) is 15.1. The Hall–Kier alpha value is -2.89. The summed E-state index contributed by atoms with van der Waals surface area (Å²) in [6, 6.07) is 7.44. The molecule has 0 bridgehead atoms. The molecule has 20 heavy (non-hydrogen) atoms. The van der Waals surface area contributed by atoms with Crippen molar-refractivity contribution in [3.63, 3.8) is 0 Å². The molecule has 2 aromatic rings. The molecule has 6 heteroatoms. The van der Waals surface area contributed by atoms with E-state index < -0.39 is 0 Å². The molecule has 0 saturated heterocycles. The van der Waals surface area contributed by atoms with E-state index in [9.17, 15) is 9.59 Å². The van der Waals surface area contributed by atoms with Crippen LogP contribution in [0, 0.1) is 0 Å². The molecule has 1 aromatic heterocycles. The molecule has 100 valence electrons. The molecule has 3 rings (SSSR count). The van der Waals surface area contributed by atoms with Gasteiger partial charge in [0.1, 0.15) is 0 Å². The molecule has 2 heterocycles. The van der Waals surface area contributed by atoms with Gasteiger partial charge in [0.2, 0.25) is 0 Å². The number of hydrogen-bond acceptors (Lipinski definition) is 4. The number of rotatable bonds is 2. The number of methoxy groups -OCH3 is 1. The Bertz CT molecular complexity index is 777. The second kappa shape index (κ2) is 4.65. The summed E-state index contributed by atoms with van der Waals surface area (Å²) in [4.78, 5) is 30.2. The molecule has 2 N–H and O–H groups in total. The maximum absolute atomic E-state index is 11.9. The highest BCUT2D eigenvalue weighted by Crippen LogP contribution is 2.32. The number of carbonyl (C=O) groups excluding carboxylic acids is 1. The summed E-state index contributed by atoms with van der Waals surface area (Å²) >= 11 is 0. The van der Waals surface area contributed by atoms with Gasteiger partial charge in [0.05, 0.1) is 12.7 Å². The van der Waals surface area contributed by atoms with Crippen LogP contribution >= 0.6 is 0 Å². The van der Waals surface area contributed by atoms with Crippen LogP contribution in [0.5, 0.6) is 6.01 Å². The lowest BCUT2D eigenvalue weighted by Gasteiger charge is -1.99. The Morgan fingerprint density at radius 3 is 2.80 bits per heavy atom. The summed E-state index contributed by atoms with van der Waals surface area (Å²) in [5.74, 6) is -0.235. The fourth-order valence-corrected chi connectivity index (χ4v) is 2.03. The molecule has 0 aliphatic carbocycles. The fraction of sp³-hybridized carbons (Fsp3) is 0.0714. The third-order valence-corrected chi connectivity index (χ3v) is 3.01. The predicted molar refractivity (Wildman–Crippen MR) is 74.4 cm³/mol. The molecule has 0 atom stereocenters. The fourth-order valence-electron chi connectivity index (χ4n) is 2.03. The molecule has 0 radical (unpaired) electrons. The van der Waals surface area contributed by atoms with E-state index in [-0.39, 0.29) is 17.5 Å². The average molecular weight is 269 g/mol. The summed E-state index contributed by atoms with van der Waals surface area (Å²) in [6.07, 6.45) is 2.89. The molecule has 6 nitrogen and oxygen atoms in total. The van der Waals surface area contributed by atoms with Crippen molar-refractivity contribution in [3.05, 3.63) is 51.9 Å². The van der Waals surface area contributed by atoms with E-state index >= 15 is 0 Å². The number of ether oxygens (including phenoxy) is 1. The van der Waals surface area contributed by atoms with Gasteiger partial charge >= 0.3 is 0 Å². The van der Waals surface area contributed by atoms with Crippen molar-refractivity contribution in [2.75, 3.05) is 12.4 Å². The molecule has 0 unspecified atom stereocenters. The monoisotopic (exact) mass is 269 g/mol. The Balaban J connectivity index is 2.09. The van der Waals surface area contributed by atoms with E-state index in [2.05, 4.69) is 15.3 Å². The summed E-state index contributed by atoms with van der Waals surface area (Å²) in [5.41, 5.74) is 1.89. The maximum Gasteiger partial charge on any atom is 0.296 e. The van der Waals surface area contributed by atoms with Crippen molar-refractivity contribution in [2.24, 2.45) is 0 Å². The van der Waals surface area contributed by atoms with Crippen LogP contribution < -0.4 is 15.6 Å².